The van der Waals surface area contributed by atoms with Crippen LogP contribution >= 0.6 is 0 Å². The molecule has 33 heavy (non-hydrogen) atoms. The van der Waals surface area contributed by atoms with E-state index in [2.05, 4.69) is 67.7 Å². The zero-order valence-electron chi connectivity index (χ0n) is 21.4. The number of hydrogen-bond acceptors (Lipinski definition) is 2. The number of ether oxygens (including phenoxy) is 1. The van der Waals surface area contributed by atoms with E-state index >= 15 is 0 Å². The molecule has 1 N–H and O–H groups in total. The number of methoxy groups -OCH3 is 1. The van der Waals surface area contributed by atoms with Crippen molar-refractivity contribution in [1.29, 1.82) is 0 Å². The summed E-state index contributed by atoms with van der Waals surface area (Å²) in [7, 11) is 1.57. The molecule has 0 spiro atoms. The van der Waals surface area contributed by atoms with Gasteiger partial charge >= 0.3 is 0 Å². The Morgan fingerprint density at radius 1 is 0.848 bits per heavy atom. The lowest BCUT2D eigenvalue weighted by Crippen LogP contribution is -2.26. The van der Waals surface area contributed by atoms with Gasteiger partial charge in [0.15, 0.2) is 0 Å². The normalized spacial score (nSPS) is 10.6. The van der Waals surface area contributed by atoms with E-state index in [1.165, 1.54) is 22.3 Å². The predicted molar refractivity (Wildman–Crippen MR) is 142 cm³/mol. The van der Waals surface area contributed by atoms with Gasteiger partial charge in [-0.2, -0.15) is 0 Å². The van der Waals surface area contributed by atoms with E-state index in [1.54, 1.807) is 19.2 Å². The van der Waals surface area contributed by atoms with Crippen molar-refractivity contribution in [2.24, 2.45) is 0 Å². The van der Waals surface area contributed by atoms with Gasteiger partial charge in [0.25, 0.3) is 5.91 Å². The zero-order chi connectivity index (χ0) is 24.6. The van der Waals surface area contributed by atoms with Crippen molar-refractivity contribution in [2.75, 3.05) is 13.7 Å². The molecule has 0 heterocycles. The average Bonchev–Trinajstić information content (AvgIpc) is 2.91. The Hall–Kier alpha value is -3.07. The summed E-state index contributed by atoms with van der Waals surface area (Å²) in [4.78, 5) is 12.4. The molecule has 1 unspecified atom stereocenters. The highest BCUT2D eigenvalue weighted by molar-refractivity contribution is 5.96. The second-order valence-electron chi connectivity index (χ2n) is 7.33. The minimum absolute atomic E-state index is 0.111. The van der Waals surface area contributed by atoms with Crippen LogP contribution in [0.5, 0.6) is 5.75 Å². The molecule has 3 aromatic carbocycles. The molecular weight excluding hydrogens is 406 g/mol. The molecule has 0 aliphatic heterocycles. The second-order valence-corrected chi connectivity index (χ2v) is 7.33. The minimum atomic E-state index is -0.111. The van der Waals surface area contributed by atoms with Gasteiger partial charge in [0.2, 0.25) is 0 Å². The molecule has 3 nitrogen and oxygen atoms in total. The summed E-state index contributed by atoms with van der Waals surface area (Å²) >= 11 is 0. The van der Waals surface area contributed by atoms with Crippen LogP contribution in [-0.4, -0.2) is 19.6 Å². The molecule has 0 radical (unpaired) electrons. The van der Waals surface area contributed by atoms with Crippen LogP contribution in [0.4, 0.5) is 0 Å². The number of nitrogens with one attached hydrogen (secondary N) is 1. The van der Waals surface area contributed by atoms with Gasteiger partial charge in [0, 0.05) is 6.54 Å². The van der Waals surface area contributed by atoms with E-state index in [1.807, 2.05) is 39.8 Å². The summed E-state index contributed by atoms with van der Waals surface area (Å²) in [6.07, 6.45) is 1.94. The molecule has 0 fully saturated rings. The summed E-state index contributed by atoms with van der Waals surface area (Å²) in [5.74, 6) is 1.08. The van der Waals surface area contributed by atoms with Crippen LogP contribution in [0.2, 0.25) is 0 Å². The maximum atomic E-state index is 12.4. The molecule has 178 valence electrons. The van der Waals surface area contributed by atoms with Gasteiger partial charge < -0.3 is 10.1 Å². The van der Waals surface area contributed by atoms with Crippen molar-refractivity contribution in [1.82, 2.24) is 5.32 Å². The van der Waals surface area contributed by atoms with Crippen LogP contribution in [0, 0.1) is 0 Å². The first kappa shape index (κ1) is 28.0. The lowest BCUT2D eigenvalue weighted by molar-refractivity contribution is 0.0951. The van der Waals surface area contributed by atoms with Gasteiger partial charge in [-0.25, -0.2) is 0 Å². The molecule has 0 bridgehead atoms. The Bertz CT molecular complexity index is 930. The van der Waals surface area contributed by atoms with Crippen LogP contribution in [0.3, 0.4) is 0 Å². The predicted octanol–water partition coefficient (Wildman–Crippen LogP) is 7.90. The molecular formula is C30H41NO2. The number of hydrogen-bond donors (Lipinski definition) is 1. The van der Waals surface area contributed by atoms with Crippen molar-refractivity contribution in [3.63, 3.8) is 0 Å². The van der Waals surface area contributed by atoms with E-state index in [9.17, 15) is 4.79 Å². The van der Waals surface area contributed by atoms with Crippen molar-refractivity contribution in [2.45, 2.75) is 60.3 Å². The van der Waals surface area contributed by atoms with E-state index in [0.29, 0.717) is 23.8 Å². The Balaban J connectivity index is 0.00000129. The largest absolute Gasteiger partial charge is 0.496 e. The topological polar surface area (TPSA) is 38.3 Å². The van der Waals surface area contributed by atoms with Crippen LogP contribution < -0.4 is 10.1 Å². The summed E-state index contributed by atoms with van der Waals surface area (Å²) in [6.45, 7) is 13.1. The molecule has 3 heteroatoms. The first-order valence-electron chi connectivity index (χ1n) is 12.2. The Labute approximate surface area is 201 Å². The van der Waals surface area contributed by atoms with Crippen molar-refractivity contribution in [3.8, 4) is 16.9 Å². The Morgan fingerprint density at radius 3 is 1.94 bits per heavy atom. The number of carbonyl (C=O) groups excluding carboxylic acids is 1. The third-order valence-electron chi connectivity index (χ3n) is 5.43. The third kappa shape index (κ3) is 8.42. The van der Waals surface area contributed by atoms with Gasteiger partial charge in [-0.05, 0) is 53.1 Å². The van der Waals surface area contributed by atoms with Gasteiger partial charge in [-0.15, -0.1) is 0 Å². The Morgan fingerprint density at radius 2 is 1.39 bits per heavy atom. The number of amides is 1. The third-order valence-corrected chi connectivity index (χ3v) is 5.43. The summed E-state index contributed by atoms with van der Waals surface area (Å²) in [5, 5.41) is 2.97. The molecule has 0 saturated heterocycles. The summed E-state index contributed by atoms with van der Waals surface area (Å²) in [6, 6.07) is 24.7. The molecule has 3 aromatic rings. The minimum Gasteiger partial charge on any atom is -0.496 e. The number of carbonyl (C=O) groups is 1. The standard InChI is InChI=1S/C26H29NO2.2C2H6/c1-4-19(2)21-13-15-23(16-14-21)22-11-9-20(10-12-22)17-18-27-26(28)24-7-5-6-8-25(24)29-3;2*1-2/h5-16,19H,4,17-18H2,1-3H3,(H,27,28);2*1-2H3. The van der Waals surface area contributed by atoms with Gasteiger partial charge in [-0.3, -0.25) is 4.79 Å². The van der Waals surface area contributed by atoms with E-state index in [4.69, 9.17) is 4.74 Å². The highest BCUT2D eigenvalue weighted by Gasteiger charge is 2.10. The van der Waals surface area contributed by atoms with Crippen molar-refractivity contribution < 1.29 is 9.53 Å². The fraction of sp³-hybridized carbons (Fsp3) is 0.367. The summed E-state index contributed by atoms with van der Waals surface area (Å²) in [5.41, 5.74) is 5.59. The molecule has 0 saturated carbocycles. The molecule has 1 amide bonds. The molecule has 3 rings (SSSR count). The molecule has 0 aromatic heterocycles. The fourth-order valence-electron chi connectivity index (χ4n) is 3.35. The van der Waals surface area contributed by atoms with Gasteiger partial charge in [0.05, 0.1) is 12.7 Å². The van der Waals surface area contributed by atoms with Gasteiger partial charge in [-0.1, -0.05) is 102 Å². The van der Waals surface area contributed by atoms with Gasteiger partial charge in [0.1, 0.15) is 5.75 Å². The van der Waals surface area contributed by atoms with Crippen molar-refractivity contribution in [3.05, 3.63) is 89.5 Å². The fourth-order valence-corrected chi connectivity index (χ4v) is 3.35. The van der Waals surface area contributed by atoms with Crippen molar-refractivity contribution >= 4 is 5.91 Å². The average molecular weight is 448 g/mol. The molecule has 1 atom stereocenters. The smallest absolute Gasteiger partial charge is 0.255 e. The monoisotopic (exact) mass is 447 g/mol. The second kappa shape index (κ2) is 15.7. The highest BCUT2D eigenvalue weighted by Crippen LogP contribution is 2.24. The van der Waals surface area contributed by atoms with E-state index < -0.39 is 0 Å². The maximum absolute atomic E-state index is 12.4. The molecule has 0 aliphatic carbocycles. The summed E-state index contributed by atoms with van der Waals surface area (Å²) < 4.78 is 5.25. The SMILES string of the molecule is CC.CC.CCC(C)c1ccc(-c2ccc(CCNC(=O)c3ccccc3OC)cc2)cc1. The number of para-hydroxylation sites is 1. The van der Waals surface area contributed by atoms with Crippen LogP contribution in [0.15, 0.2) is 72.8 Å². The lowest BCUT2D eigenvalue weighted by Gasteiger charge is -2.11. The van der Waals surface area contributed by atoms with E-state index in [0.717, 1.165) is 12.8 Å². The Kier molecular flexibility index (Phi) is 13.3. The zero-order valence-corrected chi connectivity index (χ0v) is 21.4. The maximum Gasteiger partial charge on any atom is 0.255 e. The quantitative estimate of drug-likeness (QED) is 0.381. The number of rotatable bonds is 8. The highest BCUT2D eigenvalue weighted by atomic mass is 16.5. The molecule has 0 aliphatic rings. The van der Waals surface area contributed by atoms with Crippen LogP contribution in [-0.2, 0) is 6.42 Å². The lowest BCUT2D eigenvalue weighted by atomic mass is 9.95. The van der Waals surface area contributed by atoms with Crippen LogP contribution in [0.1, 0.15) is 75.4 Å². The van der Waals surface area contributed by atoms with E-state index in [-0.39, 0.29) is 5.91 Å². The first-order valence-corrected chi connectivity index (χ1v) is 12.2. The number of benzene rings is 3. The van der Waals surface area contributed by atoms with Crippen LogP contribution in [0.25, 0.3) is 11.1 Å². The first-order chi connectivity index (χ1) is 16.1.